The van der Waals surface area contributed by atoms with Crippen molar-refractivity contribution in [1.29, 1.82) is 0 Å². The zero-order valence-corrected chi connectivity index (χ0v) is 20.6. The summed E-state index contributed by atoms with van der Waals surface area (Å²) >= 11 is 5.88. The van der Waals surface area contributed by atoms with Crippen molar-refractivity contribution in [2.75, 3.05) is 38.2 Å². The largest absolute Gasteiger partial charge is 0.493 e. The molecule has 1 aliphatic heterocycles. The predicted molar refractivity (Wildman–Crippen MR) is 131 cm³/mol. The summed E-state index contributed by atoms with van der Waals surface area (Å²) in [6.07, 6.45) is 7.57. The lowest BCUT2D eigenvalue weighted by Crippen LogP contribution is -2.36. The first-order valence-corrected chi connectivity index (χ1v) is 12.3. The molecule has 1 aliphatic carbocycles. The van der Waals surface area contributed by atoms with Crippen molar-refractivity contribution in [3.05, 3.63) is 47.0 Å². The second-order valence-electron chi connectivity index (χ2n) is 9.47. The zero-order chi connectivity index (χ0) is 24.9. The Morgan fingerprint density at radius 1 is 1.26 bits per heavy atom. The summed E-state index contributed by atoms with van der Waals surface area (Å²) in [7, 11) is 1.46. The smallest absolute Gasteiger partial charge is 0.237 e. The molecule has 0 unspecified atom stereocenters. The van der Waals surface area contributed by atoms with E-state index in [4.69, 9.17) is 22.1 Å². The number of hydrogen-bond acceptors (Lipinski definition) is 6. The fourth-order valence-electron chi connectivity index (χ4n) is 4.89. The number of amides is 2. The number of anilines is 1. The van der Waals surface area contributed by atoms with Crippen molar-refractivity contribution in [1.82, 2.24) is 14.9 Å². The molecule has 1 aromatic carbocycles. The lowest BCUT2D eigenvalue weighted by molar-refractivity contribution is -0.133. The molecular formula is C25H31ClFN5O3. The van der Waals surface area contributed by atoms with E-state index in [0.717, 1.165) is 44.2 Å². The van der Waals surface area contributed by atoms with Gasteiger partial charge in [0.25, 0.3) is 0 Å². The van der Waals surface area contributed by atoms with Crippen LogP contribution in [-0.4, -0.2) is 60.0 Å². The highest BCUT2D eigenvalue weighted by atomic mass is 35.5. The minimum atomic E-state index is -0.610. The van der Waals surface area contributed by atoms with Crippen LogP contribution in [0.3, 0.4) is 0 Å². The number of aromatic nitrogens is 2. The molecule has 2 aromatic rings. The fraction of sp³-hybridized carbons (Fsp3) is 0.520. The zero-order valence-electron chi connectivity index (χ0n) is 19.8. The van der Waals surface area contributed by atoms with E-state index in [1.165, 1.54) is 24.4 Å². The number of rotatable bonds is 10. The van der Waals surface area contributed by atoms with E-state index in [9.17, 15) is 14.0 Å². The standard InChI is InChI=1S/C25H31ClFN5O3/c1-31(15-23(28)33)24(34)11-18-2-3-20(12-22(18)27)35-9-6-17-10-21(17)16-4-7-32(8-5-16)25-29-13-19(26)14-30-25/h2-3,12-14,16-17,21H,4-11,15H2,1H3,(H2,28,33)/t17-,21-/m1/s1. The highest BCUT2D eigenvalue weighted by Crippen LogP contribution is 2.49. The molecule has 0 radical (unpaired) electrons. The van der Waals surface area contributed by atoms with E-state index in [2.05, 4.69) is 14.9 Å². The third-order valence-electron chi connectivity index (χ3n) is 6.95. The van der Waals surface area contributed by atoms with Crippen LogP contribution in [0.25, 0.3) is 0 Å². The van der Waals surface area contributed by atoms with Crippen LogP contribution in [0.4, 0.5) is 10.3 Å². The molecule has 1 aromatic heterocycles. The molecule has 2 aliphatic rings. The van der Waals surface area contributed by atoms with E-state index in [-0.39, 0.29) is 24.4 Å². The normalized spacial score (nSPS) is 19.9. The Bertz CT molecular complexity index is 1050. The van der Waals surface area contributed by atoms with Crippen molar-refractivity contribution in [2.24, 2.45) is 23.5 Å². The summed E-state index contributed by atoms with van der Waals surface area (Å²) in [6.45, 7) is 2.26. The third-order valence-corrected chi connectivity index (χ3v) is 7.15. The van der Waals surface area contributed by atoms with Crippen molar-refractivity contribution < 1.29 is 18.7 Å². The third kappa shape index (κ3) is 6.81. The van der Waals surface area contributed by atoms with Crippen LogP contribution in [0.1, 0.15) is 31.2 Å². The summed E-state index contributed by atoms with van der Waals surface area (Å²) in [5.74, 6) is 1.82. The van der Waals surface area contributed by atoms with Crippen molar-refractivity contribution in [2.45, 2.75) is 32.1 Å². The van der Waals surface area contributed by atoms with Crippen molar-refractivity contribution in [3.63, 3.8) is 0 Å². The van der Waals surface area contributed by atoms with Gasteiger partial charge in [0, 0.05) is 26.2 Å². The number of hydrogen-bond donors (Lipinski definition) is 1. The molecule has 35 heavy (non-hydrogen) atoms. The molecule has 1 saturated heterocycles. The molecule has 0 spiro atoms. The SMILES string of the molecule is CN(CC(N)=O)C(=O)Cc1ccc(OCC[C@@H]2C[C@@H]2C2CCN(c3ncc(Cl)cn3)CC2)cc1F. The van der Waals surface area contributed by atoms with Gasteiger partial charge in [-0.15, -0.1) is 0 Å². The van der Waals surface area contributed by atoms with Gasteiger partial charge in [0.15, 0.2) is 0 Å². The van der Waals surface area contributed by atoms with Gasteiger partial charge in [-0.1, -0.05) is 17.7 Å². The Morgan fingerprint density at radius 2 is 1.97 bits per heavy atom. The Hall–Kier alpha value is -2.94. The Kier molecular flexibility index (Phi) is 8.05. The minimum Gasteiger partial charge on any atom is -0.493 e. The van der Waals surface area contributed by atoms with Crippen LogP contribution >= 0.6 is 11.6 Å². The quantitative estimate of drug-likeness (QED) is 0.534. The minimum absolute atomic E-state index is 0.136. The molecule has 0 bridgehead atoms. The van der Waals surface area contributed by atoms with E-state index in [1.54, 1.807) is 24.5 Å². The Labute approximate surface area is 209 Å². The van der Waals surface area contributed by atoms with Crippen LogP contribution in [0, 0.1) is 23.6 Å². The lowest BCUT2D eigenvalue weighted by Gasteiger charge is -2.32. The number of primary amides is 1. The number of carbonyl (C=O) groups excluding carboxylic acids is 2. The number of benzene rings is 1. The number of carbonyl (C=O) groups is 2. The molecule has 2 fully saturated rings. The molecule has 1 saturated carbocycles. The van der Waals surface area contributed by atoms with E-state index >= 15 is 0 Å². The predicted octanol–water partition coefficient (Wildman–Crippen LogP) is 3.08. The molecular weight excluding hydrogens is 473 g/mol. The van der Waals surface area contributed by atoms with E-state index in [0.29, 0.717) is 29.2 Å². The van der Waals surface area contributed by atoms with Crippen LogP contribution in [0.5, 0.6) is 5.75 Å². The van der Waals surface area contributed by atoms with Crippen LogP contribution in [-0.2, 0) is 16.0 Å². The average Bonchev–Trinajstić information content (AvgIpc) is 3.60. The van der Waals surface area contributed by atoms with Crippen LogP contribution in [0.2, 0.25) is 5.02 Å². The monoisotopic (exact) mass is 503 g/mol. The van der Waals surface area contributed by atoms with Gasteiger partial charge >= 0.3 is 0 Å². The van der Waals surface area contributed by atoms with Crippen LogP contribution in [0.15, 0.2) is 30.6 Å². The maximum absolute atomic E-state index is 14.5. The number of nitrogens with two attached hydrogens (primary N) is 1. The molecule has 2 atom stereocenters. The first kappa shape index (κ1) is 25.2. The summed E-state index contributed by atoms with van der Waals surface area (Å²) in [4.78, 5) is 35.1. The van der Waals surface area contributed by atoms with Crippen LogP contribution < -0.4 is 15.4 Å². The number of ether oxygens (including phenoxy) is 1. The van der Waals surface area contributed by atoms with Gasteiger partial charge in [0.1, 0.15) is 11.6 Å². The summed E-state index contributed by atoms with van der Waals surface area (Å²) < 4.78 is 20.2. The maximum atomic E-state index is 14.5. The second-order valence-corrected chi connectivity index (χ2v) is 9.91. The average molecular weight is 504 g/mol. The van der Waals surface area contributed by atoms with Gasteiger partial charge in [-0.2, -0.15) is 0 Å². The summed E-state index contributed by atoms with van der Waals surface area (Å²) in [6, 6.07) is 4.55. The molecule has 188 valence electrons. The summed E-state index contributed by atoms with van der Waals surface area (Å²) in [5.41, 5.74) is 5.36. The van der Waals surface area contributed by atoms with Gasteiger partial charge in [-0.05, 0) is 55.1 Å². The Morgan fingerprint density at radius 3 is 2.63 bits per heavy atom. The highest BCUT2D eigenvalue weighted by Gasteiger charge is 2.43. The summed E-state index contributed by atoms with van der Waals surface area (Å²) in [5, 5.41) is 0.547. The first-order valence-electron chi connectivity index (χ1n) is 12.0. The van der Waals surface area contributed by atoms with Gasteiger partial charge in [-0.3, -0.25) is 9.59 Å². The Balaban J connectivity index is 1.17. The number of halogens is 2. The lowest BCUT2D eigenvalue weighted by atomic mass is 9.90. The second kappa shape index (κ2) is 11.2. The first-order chi connectivity index (χ1) is 16.8. The number of likely N-dealkylation sites (N-methyl/N-ethyl adjacent to an activating group) is 1. The number of piperidine rings is 1. The van der Waals surface area contributed by atoms with Crippen molar-refractivity contribution in [3.8, 4) is 5.75 Å². The molecule has 4 rings (SSSR count). The maximum Gasteiger partial charge on any atom is 0.237 e. The molecule has 10 heteroatoms. The van der Waals surface area contributed by atoms with Gasteiger partial charge in [-0.25, -0.2) is 14.4 Å². The van der Waals surface area contributed by atoms with Gasteiger partial charge < -0.3 is 20.3 Å². The molecule has 2 N–H and O–H groups in total. The van der Waals surface area contributed by atoms with Gasteiger partial charge in [0.2, 0.25) is 17.8 Å². The topological polar surface area (TPSA) is 102 Å². The highest BCUT2D eigenvalue weighted by molar-refractivity contribution is 6.30. The number of nitrogens with zero attached hydrogens (tertiary/aromatic N) is 4. The molecule has 8 nitrogen and oxygen atoms in total. The van der Waals surface area contributed by atoms with E-state index in [1.807, 2.05) is 0 Å². The fourth-order valence-corrected chi connectivity index (χ4v) is 4.98. The van der Waals surface area contributed by atoms with E-state index < -0.39 is 11.7 Å². The molecule has 2 heterocycles. The molecule has 2 amide bonds. The van der Waals surface area contributed by atoms with Crippen molar-refractivity contribution >= 4 is 29.4 Å². The van der Waals surface area contributed by atoms with Gasteiger partial charge in [0.05, 0.1) is 37.0 Å².